The first-order valence-electron chi connectivity index (χ1n) is 7.15. The van der Waals surface area contributed by atoms with Gasteiger partial charge in [0.05, 0.1) is 17.6 Å². The zero-order valence-electron chi connectivity index (χ0n) is 12.4. The fourth-order valence-corrected chi connectivity index (χ4v) is 4.21. The van der Waals surface area contributed by atoms with E-state index in [2.05, 4.69) is 9.46 Å². The third-order valence-corrected chi connectivity index (χ3v) is 5.49. The number of esters is 1. The molecular weight excluding hydrogens is 290 g/mol. The van der Waals surface area contributed by atoms with Crippen molar-refractivity contribution in [2.75, 3.05) is 7.11 Å². The van der Waals surface area contributed by atoms with Gasteiger partial charge in [-0.1, -0.05) is 25.3 Å². The van der Waals surface area contributed by atoms with Gasteiger partial charge in [-0.3, -0.25) is 0 Å². The number of nitrogens with one attached hydrogen (secondary N) is 1. The Kier molecular flexibility index (Phi) is 5.00. The summed E-state index contributed by atoms with van der Waals surface area (Å²) in [5.74, 6) is -0.538. The highest BCUT2D eigenvalue weighted by molar-refractivity contribution is 7.89. The zero-order valence-corrected chi connectivity index (χ0v) is 13.2. The predicted octanol–water partition coefficient (Wildman–Crippen LogP) is 2.39. The summed E-state index contributed by atoms with van der Waals surface area (Å²) in [5, 5.41) is 0. The Hall–Kier alpha value is -1.40. The Morgan fingerprint density at radius 1 is 1.24 bits per heavy atom. The van der Waals surface area contributed by atoms with Crippen molar-refractivity contribution < 1.29 is 17.9 Å². The van der Waals surface area contributed by atoms with E-state index in [-0.39, 0.29) is 16.5 Å². The summed E-state index contributed by atoms with van der Waals surface area (Å²) in [5.41, 5.74) is 0.859. The number of carbonyl (C=O) groups is 1. The van der Waals surface area contributed by atoms with Gasteiger partial charge in [0.1, 0.15) is 0 Å². The molecule has 116 valence electrons. The van der Waals surface area contributed by atoms with Crippen LogP contribution >= 0.6 is 0 Å². The highest BCUT2D eigenvalue weighted by atomic mass is 32.2. The third kappa shape index (κ3) is 3.83. The van der Waals surface area contributed by atoms with E-state index in [0.29, 0.717) is 5.56 Å². The molecule has 1 aliphatic rings. The second-order valence-corrected chi connectivity index (χ2v) is 7.11. The molecule has 0 aliphatic heterocycles. The van der Waals surface area contributed by atoms with E-state index in [0.717, 1.165) is 32.1 Å². The van der Waals surface area contributed by atoms with Crippen LogP contribution in [0, 0.1) is 6.92 Å². The van der Waals surface area contributed by atoms with Crippen molar-refractivity contribution in [1.29, 1.82) is 0 Å². The molecule has 5 nitrogen and oxygen atoms in total. The molecule has 0 unspecified atom stereocenters. The van der Waals surface area contributed by atoms with Crippen LogP contribution in [-0.2, 0) is 14.8 Å². The molecule has 1 aromatic rings. The summed E-state index contributed by atoms with van der Waals surface area (Å²) in [6.07, 6.45) is 5.00. The van der Waals surface area contributed by atoms with Crippen molar-refractivity contribution in [2.24, 2.45) is 0 Å². The second kappa shape index (κ2) is 6.58. The van der Waals surface area contributed by atoms with E-state index in [9.17, 15) is 13.2 Å². The molecular formula is C15H21NO4S. The Morgan fingerprint density at radius 3 is 2.52 bits per heavy atom. The summed E-state index contributed by atoms with van der Waals surface area (Å²) in [7, 11) is -2.34. The fourth-order valence-electron chi connectivity index (χ4n) is 2.64. The highest BCUT2D eigenvalue weighted by Crippen LogP contribution is 2.22. The maximum Gasteiger partial charge on any atom is 0.337 e. The molecule has 2 rings (SSSR count). The Balaban J connectivity index is 2.27. The van der Waals surface area contributed by atoms with Crippen molar-refractivity contribution in [3.05, 3.63) is 29.3 Å². The maximum absolute atomic E-state index is 12.5. The molecule has 6 heteroatoms. The molecule has 0 spiro atoms. The Morgan fingerprint density at radius 2 is 1.90 bits per heavy atom. The average Bonchev–Trinajstić information content (AvgIpc) is 2.47. The highest BCUT2D eigenvalue weighted by Gasteiger charge is 2.24. The van der Waals surface area contributed by atoms with Crippen LogP contribution < -0.4 is 4.72 Å². The lowest BCUT2D eigenvalue weighted by Gasteiger charge is -2.23. The predicted molar refractivity (Wildman–Crippen MR) is 79.7 cm³/mol. The number of sulfonamides is 1. The summed E-state index contributed by atoms with van der Waals surface area (Å²) < 4.78 is 32.4. The molecule has 0 bridgehead atoms. The molecule has 0 radical (unpaired) electrons. The molecule has 21 heavy (non-hydrogen) atoms. The minimum absolute atomic E-state index is 0.00932. The quantitative estimate of drug-likeness (QED) is 0.867. The lowest BCUT2D eigenvalue weighted by molar-refractivity contribution is 0.0600. The van der Waals surface area contributed by atoms with Gasteiger partial charge in [0.15, 0.2) is 0 Å². The van der Waals surface area contributed by atoms with Gasteiger partial charge < -0.3 is 4.74 Å². The summed E-state index contributed by atoms with van der Waals surface area (Å²) in [4.78, 5) is 11.7. The fraction of sp³-hybridized carbons (Fsp3) is 0.533. The summed E-state index contributed by atoms with van der Waals surface area (Å²) in [6, 6.07) is 4.57. The minimum Gasteiger partial charge on any atom is -0.465 e. The van der Waals surface area contributed by atoms with E-state index >= 15 is 0 Å². The van der Waals surface area contributed by atoms with Crippen LogP contribution in [-0.4, -0.2) is 27.5 Å². The molecule has 1 saturated carbocycles. The van der Waals surface area contributed by atoms with Crippen molar-refractivity contribution in [3.63, 3.8) is 0 Å². The molecule has 0 aromatic heterocycles. The molecule has 0 atom stereocenters. The van der Waals surface area contributed by atoms with E-state index in [4.69, 9.17) is 0 Å². The number of carbonyl (C=O) groups excluding carboxylic acids is 1. The van der Waals surface area contributed by atoms with Crippen LogP contribution in [0.2, 0.25) is 0 Å². The lowest BCUT2D eigenvalue weighted by Crippen LogP contribution is -2.36. The van der Waals surface area contributed by atoms with Crippen LogP contribution in [0.5, 0.6) is 0 Å². The van der Waals surface area contributed by atoms with Crippen LogP contribution in [0.25, 0.3) is 0 Å². The van der Waals surface area contributed by atoms with Crippen molar-refractivity contribution in [1.82, 2.24) is 4.72 Å². The SMILES string of the molecule is COC(=O)c1ccc(C)c(S(=O)(=O)NC2CCCCC2)c1. The number of hydrogen-bond donors (Lipinski definition) is 1. The summed E-state index contributed by atoms with van der Waals surface area (Å²) >= 11 is 0. The first-order valence-corrected chi connectivity index (χ1v) is 8.63. The number of hydrogen-bond acceptors (Lipinski definition) is 4. The normalized spacial score (nSPS) is 16.7. The molecule has 1 aromatic carbocycles. The number of aryl methyl sites for hydroxylation is 1. The van der Waals surface area contributed by atoms with Gasteiger partial charge in [0, 0.05) is 6.04 Å². The first-order chi connectivity index (χ1) is 9.94. The number of rotatable bonds is 4. The number of ether oxygens (including phenoxy) is 1. The van der Waals surface area contributed by atoms with E-state index in [1.165, 1.54) is 13.2 Å². The molecule has 0 amide bonds. The first kappa shape index (κ1) is 16.0. The van der Waals surface area contributed by atoms with Crippen molar-refractivity contribution in [2.45, 2.75) is 50.0 Å². The van der Waals surface area contributed by atoms with Gasteiger partial charge in [0.2, 0.25) is 10.0 Å². The average molecular weight is 311 g/mol. The maximum atomic E-state index is 12.5. The van der Waals surface area contributed by atoms with E-state index < -0.39 is 16.0 Å². The van der Waals surface area contributed by atoms with E-state index in [1.54, 1.807) is 19.1 Å². The minimum atomic E-state index is -3.61. The van der Waals surface area contributed by atoms with Gasteiger partial charge >= 0.3 is 5.97 Å². The van der Waals surface area contributed by atoms with Gasteiger partial charge in [0.25, 0.3) is 0 Å². The van der Waals surface area contributed by atoms with E-state index in [1.807, 2.05) is 0 Å². The van der Waals surface area contributed by atoms with Gasteiger partial charge in [-0.05, 0) is 37.5 Å². The van der Waals surface area contributed by atoms with Crippen molar-refractivity contribution >= 4 is 16.0 Å². The Labute approximate surface area is 125 Å². The molecule has 0 heterocycles. The van der Waals surface area contributed by atoms with Gasteiger partial charge in [-0.25, -0.2) is 17.9 Å². The van der Waals surface area contributed by atoms with Crippen LogP contribution in [0.3, 0.4) is 0 Å². The van der Waals surface area contributed by atoms with Gasteiger partial charge in [-0.2, -0.15) is 0 Å². The van der Waals surface area contributed by atoms with Crippen molar-refractivity contribution in [3.8, 4) is 0 Å². The number of methoxy groups -OCH3 is 1. The number of benzene rings is 1. The van der Waals surface area contributed by atoms with Crippen LogP contribution in [0.4, 0.5) is 0 Å². The molecule has 1 N–H and O–H groups in total. The standard InChI is InChI=1S/C15H21NO4S/c1-11-8-9-12(15(17)20-2)10-14(11)21(18,19)16-13-6-4-3-5-7-13/h8-10,13,16H,3-7H2,1-2H3. The topological polar surface area (TPSA) is 72.5 Å². The smallest absolute Gasteiger partial charge is 0.337 e. The molecule has 1 fully saturated rings. The molecule has 0 saturated heterocycles. The third-order valence-electron chi connectivity index (χ3n) is 3.83. The van der Waals surface area contributed by atoms with Gasteiger partial charge in [-0.15, -0.1) is 0 Å². The summed E-state index contributed by atoms with van der Waals surface area (Å²) in [6.45, 7) is 1.72. The molecule has 1 aliphatic carbocycles. The lowest BCUT2D eigenvalue weighted by atomic mass is 9.96. The monoisotopic (exact) mass is 311 g/mol. The van der Waals surface area contributed by atoms with Crippen LogP contribution in [0.15, 0.2) is 23.1 Å². The largest absolute Gasteiger partial charge is 0.465 e. The zero-order chi connectivity index (χ0) is 15.5. The van der Waals surface area contributed by atoms with Crippen LogP contribution in [0.1, 0.15) is 48.0 Å². The second-order valence-electron chi connectivity index (χ2n) is 5.43. The Bertz CT molecular complexity index is 619.